The van der Waals surface area contributed by atoms with Crippen molar-refractivity contribution in [3.05, 3.63) is 75.8 Å². The van der Waals surface area contributed by atoms with E-state index >= 15 is 0 Å². The lowest BCUT2D eigenvalue weighted by Gasteiger charge is -2.25. The molecular formula is C23H24ClNO3. The molecule has 0 aromatic heterocycles. The van der Waals surface area contributed by atoms with Gasteiger partial charge in [0.1, 0.15) is 5.76 Å². The van der Waals surface area contributed by atoms with Gasteiger partial charge in [0.25, 0.3) is 11.7 Å². The molecule has 4 nitrogen and oxygen atoms in total. The number of amides is 1. The Hall–Kier alpha value is -2.59. The summed E-state index contributed by atoms with van der Waals surface area (Å²) < 4.78 is 0. The van der Waals surface area contributed by atoms with Crippen LogP contribution in [0.5, 0.6) is 0 Å². The van der Waals surface area contributed by atoms with E-state index in [4.69, 9.17) is 11.6 Å². The fraction of sp³-hybridized carbons (Fsp3) is 0.304. The first-order chi connectivity index (χ1) is 13.5. The summed E-state index contributed by atoms with van der Waals surface area (Å²) in [5, 5.41) is 11.4. The molecule has 3 rings (SSSR count). The Morgan fingerprint density at radius 2 is 1.68 bits per heavy atom. The summed E-state index contributed by atoms with van der Waals surface area (Å²) in [5.41, 5.74) is 2.59. The maximum atomic E-state index is 12.8. The zero-order valence-corrected chi connectivity index (χ0v) is 16.9. The zero-order valence-electron chi connectivity index (χ0n) is 16.1. The molecule has 1 unspecified atom stereocenters. The zero-order chi connectivity index (χ0) is 20.3. The SMILES string of the molecule is CCCCN1C(=O)C(=O)/C(=C(\O)c2ccc(Cl)cc2)C1c1ccc(CC)cc1. The van der Waals surface area contributed by atoms with Crippen LogP contribution in [0.2, 0.25) is 5.02 Å². The number of aliphatic hydroxyl groups is 1. The molecule has 0 aliphatic carbocycles. The molecule has 2 aromatic rings. The molecule has 0 bridgehead atoms. The molecule has 1 N–H and O–H groups in total. The van der Waals surface area contributed by atoms with Crippen molar-refractivity contribution in [3.8, 4) is 0 Å². The van der Waals surface area contributed by atoms with Crippen molar-refractivity contribution >= 4 is 29.1 Å². The number of carbonyl (C=O) groups is 2. The standard InChI is InChI=1S/C23H24ClNO3/c1-3-5-14-25-20(16-8-6-15(4-2)7-9-16)19(22(27)23(25)28)21(26)17-10-12-18(24)13-11-17/h6-13,20,26H,3-5,14H2,1-2H3/b21-19-. The molecular weight excluding hydrogens is 374 g/mol. The Balaban J connectivity index is 2.13. The number of hydrogen-bond acceptors (Lipinski definition) is 3. The average Bonchev–Trinajstić information content (AvgIpc) is 2.97. The minimum atomic E-state index is -0.645. The maximum absolute atomic E-state index is 12.8. The highest BCUT2D eigenvalue weighted by Gasteiger charge is 2.45. The van der Waals surface area contributed by atoms with Gasteiger partial charge < -0.3 is 10.0 Å². The minimum Gasteiger partial charge on any atom is -0.507 e. The highest BCUT2D eigenvalue weighted by atomic mass is 35.5. The van der Waals surface area contributed by atoms with Gasteiger partial charge in [-0.15, -0.1) is 0 Å². The number of hydrogen-bond donors (Lipinski definition) is 1. The Morgan fingerprint density at radius 1 is 1.04 bits per heavy atom. The highest BCUT2D eigenvalue weighted by Crippen LogP contribution is 2.39. The number of aliphatic hydroxyl groups excluding tert-OH is 1. The third-order valence-electron chi connectivity index (χ3n) is 5.11. The maximum Gasteiger partial charge on any atom is 0.295 e. The Bertz CT molecular complexity index is 900. The van der Waals surface area contributed by atoms with Gasteiger partial charge in [0, 0.05) is 17.1 Å². The van der Waals surface area contributed by atoms with E-state index < -0.39 is 17.7 Å². The lowest BCUT2D eigenvalue weighted by molar-refractivity contribution is -0.139. The predicted molar refractivity (Wildman–Crippen MR) is 111 cm³/mol. The normalized spacial score (nSPS) is 18.7. The van der Waals surface area contributed by atoms with E-state index in [1.807, 2.05) is 31.2 Å². The number of aryl methyl sites for hydroxylation is 1. The van der Waals surface area contributed by atoms with Gasteiger partial charge >= 0.3 is 0 Å². The first-order valence-electron chi connectivity index (χ1n) is 9.61. The summed E-state index contributed by atoms with van der Waals surface area (Å²) in [7, 11) is 0. The van der Waals surface area contributed by atoms with Crippen molar-refractivity contribution in [2.45, 2.75) is 39.2 Å². The summed E-state index contributed by atoms with van der Waals surface area (Å²) >= 11 is 5.93. The molecule has 0 radical (unpaired) electrons. The summed E-state index contributed by atoms with van der Waals surface area (Å²) in [6.07, 6.45) is 2.60. The van der Waals surface area contributed by atoms with Crippen LogP contribution in [0.15, 0.2) is 54.1 Å². The third-order valence-corrected chi connectivity index (χ3v) is 5.37. The monoisotopic (exact) mass is 397 g/mol. The smallest absolute Gasteiger partial charge is 0.295 e. The van der Waals surface area contributed by atoms with Gasteiger partial charge in [0.2, 0.25) is 0 Å². The second-order valence-electron chi connectivity index (χ2n) is 6.95. The molecule has 1 amide bonds. The lowest BCUT2D eigenvalue weighted by Crippen LogP contribution is -2.30. The number of Topliss-reactive ketones (excluding diaryl/α,β-unsaturated/α-hetero) is 1. The van der Waals surface area contributed by atoms with Crippen LogP contribution >= 0.6 is 11.6 Å². The molecule has 1 atom stereocenters. The molecule has 1 fully saturated rings. The number of rotatable bonds is 6. The molecule has 28 heavy (non-hydrogen) atoms. The van der Waals surface area contributed by atoms with E-state index in [0.29, 0.717) is 17.1 Å². The van der Waals surface area contributed by atoms with Crippen molar-refractivity contribution in [1.29, 1.82) is 0 Å². The van der Waals surface area contributed by atoms with E-state index in [-0.39, 0.29) is 11.3 Å². The van der Waals surface area contributed by atoms with E-state index in [0.717, 1.165) is 24.8 Å². The Morgan fingerprint density at radius 3 is 2.25 bits per heavy atom. The van der Waals surface area contributed by atoms with Crippen molar-refractivity contribution in [1.82, 2.24) is 4.90 Å². The van der Waals surface area contributed by atoms with Gasteiger partial charge in [-0.25, -0.2) is 0 Å². The molecule has 1 saturated heterocycles. The first kappa shape index (κ1) is 20.2. The average molecular weight is 398 g/mol. The van der Waals surface area contributed by atoms with Gasteiger partial charge in [-0.1, -0.05) is 56.1 Å². The van der Waals surface area contributed by atoms with Crippen molar-refractivity contribution < 1.29 is 14.7 Å². The molecule has 1 heterocycles. The number of unbranched alkanes of at least 4 members (excludes halogenated alkanes) is 1. The van der Waals surface area contributed by atoms with Gasteiger partial charge in [0.05, 0.1) is 11.6 Å². The van der Waals surface area contributed by atoms with Gasteiger partial charge in [-0.2, -0.15) is 0 Å². The highest BCUT2D eigenvalue weighted by molar-refractivity contribution is 6.46. The van der Waals surface area contributed by atoms with E-state index in [9.17, 15) is 14.7 Å². The number of benzene rings is 2. The summed E-state index contributed by atoms with van der Waals surface area (Å²) in [6.45, 7) is 4.58. The van der Waals surface area contributed by atoms with Crippen LogP contribution < -0.4 is 0 Å². The molecule has 5 heteroatoms. The van der Waals surface area contributed by atoms with E-state index in [1.54, 1.807) is 29.2 Å². The van der Waals surface area contributed by atoms with Crippen LogP contribution in [0.4, 0.5) is 0 Å². The van der Waals surface area contributed by atoms with Crippen LogP contribution in [-0.4, -0.2) is 28.2 Å². The van der Waals surface area contributed by atoms with E-state index in [1.165, 1.54) is 5.56 Å². The molecule has 0 spiro atoms. The number of likely N-dealkylation sites (tertiary alicyclic amines) is 1. The predicted octanol–water partition coefficient (Wildman–Crippen LogP) is 5.12. The summed E-state index contributed by atoms with van der Waals surface area (Å²) in [5.74, 6) is -1.37. The second kappa shape index (κ2) is 8.61. The van der Waals surface area contributed by atoms with Crippen LogP contribution in [0, 0.1) is 0 Å². The third kappa shape index (κ3) is 3.83. The molecule has 0 saturated carbocycles. The molecule has 146 valence electrons. The van der Waals surface area contributed by atoms with Crippen LogP contribution in [0.3, 0.4) is 0 Å². The summed E-state index contributed by atoms with van der Waals surface area (Å²) in [4.78, 5) is 27.1. The van der Waals surface area contributed by atoms with E-state index in [2.05, 4.69) is 6.92 Å². The van der Waals surface area contributed by atoms with Crippen molar-refractivity contribution in [2.24, 2.45) is 0 Å². The Labute approximate surface area is 170 Å². The fourth-order valence-electron chi connectivity index (χ4n) is 3.48. The molecule has 2 aromatic carbocycles. The van der Waals surface area contributed by atoms with Crippen LogP contribution in [0.25, 0.3) is 5.76 Å². The first-order valence-corrected chi connectivity index (χ1v) is 9.98. The second-order valence-corrected chi connectivity index (χ2v) is 7.38. The largest absolute Gasteiger partial charge is 0.507 e. The lowest BCUT2D eigenvalue weighted by atomic mass is 9.94. The van der Waals surface area contributed by atoms with Gasteiger partial charge in [-0.05, 0) is 48.2 Å². The van der Waals surface area contributed by atoms with Gasteiger partial charge in [-0.3, -0.25) is 9.59 Å². The Kier molecular flexibility index (Phi) is 6.20. The number of ketones is 1. The van der Waals surface area contributed by atoms with Crippen LogP contribution in [-0.2, 0) is 16.0 Å². The molecule has 1 aliphatic rings. The van der Waals surface area contributed by atoms with Crippen LogP contribution in [0.1, 0.15) is 49.4 Å². The number of carbonyl (C=O) groups excluding carboxylic acids is 2. The topological polar surface area (TPSA) is 57.6 Å². The quantitative estimate of drug-likeness (QED) is 0.418. The number of nitrogens with zero attached hydrogens (tertiary/aromatic N) is 1. The van der Waals surface area contributed by atoms with Crippen molar-refractivity contribution in [2.75, 3.05) is 6.54 Å². The molecule has 1 aliphatic heterocycles. The van der Waals surface area contributed by atoms with Gasteiger partial charge in [0.15, 0.2) is 0 Å². The summed E-state index contributed by atoms with van der Waals surface area (Å²) in [6, 6.07) is 13.9. The number of halogens is 1. The fourth-order valence-corrected chi connectivity index (χ4v) is 3.61. The van der Waals surface area contributed by atoms with Crippen molar-refractivity contribution in [3.63, 3.8) is 0 Å². The minimum absolute atomic E-state index is 0.132.